The van der Waals surface area contributed by atoms with Gasteiger partial charge in [-0.15, -0.1) is 0 Å². The van der Waals surface area contributed by atoms with E-state index >= 15 is 0 Å². The number of aromatic nitrogens is 2. The van der Waals surface area contributed by atoms with E-state index in [0.29, 0.717) is 28.8 Å². The second-order valence-electron chi connectivity index (χ2n) is 6.59. The lowest BCUT2D eigenvalue weighted by Gasteiger charge is -2.17. The molecule has 2 aromatic carbocycles. The van der Waals surface area contributed by atoms with Crippen LogP contribution in [0.4, 0.5) is 5.69 Å². The maximum absolute atomic E-state index is 12.6. The highest BCUT2D eigenvalue weighted by Gasteiger charge is 2.16. The van der Waals surface area contributed by atoms with Crippen molar-refractivity contribution >= 4 is 22.5 Å². The predicted molar refractivity (Wildman–Crippen MR) is 105 cm³/mol. The topological polar surface area (TPSA) is 73.2 Å². The average Bonchev–Trinajstić information content (AvgIpc) is 2.69. The summed E-state index contributed by atoms with van der Waals surface area (Å²) in [7, 11) is 0. The summed E-state index contributed by atoms with van der Waals surface area (Å²) in [5.41, 5.74) is 1.71. The van der Waals surface area contributed by atoms with Crippen molar-refractivity contribution in [1.29, 1.82) is 0 Å². The van der Waals surface area contributed by atoms with E-state index in [1.54, 1.807) is 34.9 Å². The summed E-state index contributed by atoms with van der Waals surface area (Å²) < 4.78 is 7.16. The molecule has 1 aromatic heterocycles. The normalized spacial score (nSPS) is 13.2. The third-order valence-electron chi connectivity index (χ3n) is 4.75. The summed E-state index contributed by atoms with van der Waals surface area (Å²) in [6.07, 6.45) is 2.84. The number of aryl methyl sites for hydroxylation is 1. The predicted octanol–water partition coefficient (Wildman–Crippen LogP) is 3.38. The van der Waals surface area contributed by atoms with Gasteiger partial charge in [-0.3, -0.25) is 14.2 Å². The molecule has 0 unspecified atom stereocenters. The Morgan fingerprint density at radius 1 is 1.19 bits per heavy atom. The largest absolute Gasteiger partial charge is 0.494 e. The van der Waals surface area contributed by atoms with Crippen molar-refractivity contribution in [3.8, 4) is 5.75 Å². The van der Waals surface area contributed by atoms with E-state index < -0.39 is 0 Å². The Balaban J connectivity index is 1.61. The lowest BCUT2D eigenvalue weighted by molar-refractivity contribution is 0.102. The maximum atomic E-state index is 12.6. The van der Waals surface area contributed by atoms with E-state index in [1.165, 1.54) is 0 Å². The number of carbonyl (C=O) groups is 1. The molecule has 1 aliphatic heterocycles. The summed E-state index contributed by atoms with van der Waals surface area (Å²) in [4.78, 5) is 29.9. The van der Waals surface area contributed by atoms with Gasteiger partial charge in [-0.2, -0.15) is 0 Å². The van der Waals surface area contributed by atoms with Crippen molar-refractivity contribution in [3.63, 3.8) is 0 Å². The lowest BCUT2D eigenvalue weighted by atomic mass is 10.1. The van der Waals surface area contributed by atoms with Crippen LogP contribution in [-0.4, -0.2) is 22.1 Å². The second-order valence-corrected chi connectivity index (χ2v) is 6.59. The first-order chi connectivity index (χ1) is 13.2. The molecule has 1 amide bonds. The minimum atomic E-state index is -0.235. The number of ether oxygens (including phenoxy) is 1. The van der Waals surface area contributed by atoms with Crippen LogP contribution >= 0.6 is 0 Å². The number of benzene rings is 2. The number of nitrogens with one attached hydrogen (secondary N) is 1. The molecule has 0 radical (unpaired) electrons. The Kier molecular flexibility index (Phi) is 4.62. The zero-order valence-corrected chi connectivity index (χ0v) is 15.2. The highest BCUT2D eigenvalue weighted by molar-refractivity contribution is 6.06. The van der Waals surface area contributed by atoms with Crippen LogP contribution < -0.4 is 15.6 Å². The SMILES string of the molecule is CCOc1ccc(NC(=O)c2ccc3c(=O)n4c(nc3c2)CCCC4)cc1. The minimum Gasteiger partial charge on any atom is -0.494 e. The standard InChI is InChI=1S/C21H21N3O3/c1-2-27-16-9-7-15(8-10-16)22-20(25)14-6-11-17-18(13-14)23-19-5-3-4-12-24(19)21(17)26/h6-11,13H,2-5,12H2,1H3,(H,22,25). The number of carbonyl (C=O) groups excluding carboxylic acids is 1. The fourth-order valence-electron chi connectivity index (χ4n) is 3.39. The van der Waals surface area contributed by atoms with Crippen molar-refractivity contribution in [2.75, 3.05) is 11.9 Å². The van der Waals surface area contributed by atoms with Crippen molar-refractivity contribution < 1.29 is 9.53 Å². The number of anilines is 1. The highest BCUT2D eigenvalue weighted by atomic mass is 16.5. The minimum absolute atomic E-state index is 0.0202. The van der Waals surface area contributed by atoms with Gasteiger partial charge in [0.15, 0.2) is 0 Å². The van der Waals surface area contributed by atoms with Crippen molar-refractivity contribution in [3.05, 3.63) is 64.2 Å². The lowest BCUT2D eigenvalue weighted by Crippen LogP contribution is -2.28. The van der Waals surface area contributed by atoms with E-state index in [2.05, 4.69) is 10.3 Å². The smallest absolute Gasteiger partial charge is 0.261 e. The average molecular weight is 363 g/mol. The number of hydrogen-bond donors (Lipinski definition) is 1. The Morgan fingerprint density at radius 3 is 2.78 bits per heavy atom. The van der Waals surface area contributed by atoms with Gasteiger partial charge in [0.1, 0.15) is 11.6 Å². The number of nitrogens with zero attached hydrogens (tertiary/aromatic N) is 2. The Hall–Kier alpha value is -3.15. The molecule has 4 rings (SSSR count). The van der Waals surface area contributed by atoms with Gasteiger partial charge in [0.25, 0.3) is 11.5 Å². The molecule has 2 heterocycles. The molecule has 1 N–H and O–H groups in total. The van der Waals surface area contributed by atoms with Gasteiger partial charge < -0.3 is 10.1 Å². The molecular weight excluding hydrogens is 342 g/mol. The maximum Gasteiger partial charge on any atom is 0.261 e. The fraction of sp³-hybridized carbons (Fsp3) is 0.286. The molecule has 0 spiro atoms. The molecule has 0 fully saturated rings. The van der Waals surface area contributed by atoms with Crippen LogP contribution in [0.25, 0.3) is 10.9 Å². The van der Waals surface area contributed by atoms with Crippen LogP contribution in [0.5, 0.6) is 5.75 Å². The molecule has 138 valence electrons. The Labute approximate surface area is 156 Å². The first-order valence-corrected chi connectivity index (χ1v) is 9.23. The Morgan fingerprint density at radius 2 is 2.00 bits per heavy atom. The van der Waals surface area contributed by atoms with Gasteiger partial charge in [0.2, 0.25) is 0 Å². The highest BCUT2D eigenvalue weighted by Crippen LogP contribution is 2.19. The zero-order valence-electron chi connectivity index (χ0n) is 15.2. The molecule has 6 nitrogen and oxygen atoms in total. The quantitative estimate of drug-likeness (QED) is 0.771. The molecule has 3 aromatic rings. The van der Waals surface area contributed by atoms with Crippen LogP contribution in [0.3, 0.4) is 0 Å². The summed E-state index contributed by atoms with van der Waals surface area (Å²) >= 11 is 0. The second kappa shape index (κ2) is 7.23. The van der Waals surface area contributed by atoms with Crippen LogP contribution in [0.1, 0.15) is 35.9 Å². The molecule has 0 bridgehead atoms. The van der Waals surface area contributed by atoms with Crippen LogP contribution in [0, 0.1) is 0 Å². The Bertz CT molecular complexity index is 1050. The molecule has 0 aliphatic carbocycles. The third-order valence-corrected chi connectivity index (χ3v) is 4.75. The summed E-state index contributed by atoms with van der Waals surface area (Å²) in [5, 5.41) is 3.42. The third kappa shape index (κ3) is 3.43. The number of rotatable bonds is 4. The van der Waals surface area contributed by atoms with Crippen LogP contribution in [0.15, 0.2) is 47.3 Å². The molecule has 0 saturated heterocycles. The molecule has 27 heavy (non-hydrogen) atoms. The van der Waals surface area contributed by atoms with E-state index in [1.807, 2.05) is 19.1 Å². The first-order valence-electron chi connectivity index (χ1n) is 9.23. The van der Waals surface area contributed by atoms with E-state index in [-0.39, 0.29) is 11.5 Å². The van der Waals surface area contributed by atoms with Gasteiger partial charge >= 0.3 is 0 Å². The van der Waals surface area contributed by atoms with E-state index in [9.17, 15) is 9.59 Å². The van der Waals surface area contributed by atoms with Crippen molar-refractivity contribution in [2.24, 2.45) is 0 Å². The summed E-state index contributed by atoms with van der Waals surface area (Å²) in [6.45, 7) is 3.24. The van der Waals surface area contributed by atoms with Crippen LogP contribution in [-0.2, 0) is 13.0 Å². The molecule has 0 saturated carbocycles. The molecular formula is C21H21N3O3. The zero-order chi connectivity index (χ0) is 18.8. The van der Waals surface area contributed by atoms with Gasteiger partial charge in [-0.05, 0) is 62.2 Å². The van der Waals surface area contributed by atoms with Gasteiger partial charge in [-0.25, -0.2) is 4.98 Å². The van der Waals surface area contributed by atoms with Crippen molar-refractivity contribution in [1.82, 2.24) is 9.55 Å². The summed E-state index contributed by atoms with van der Waals surface area (Å²) in [6, 6.07) is 12.3. The van der Waals surface area contributed by atoms with E-state index in [4.69, 9.17) is 4.74 Å². The monoisotopic (exact) mass is 363 g/mol. The number of amides is 1. The molecule has 6 heteroatoms. The summed E-state index contributed by atoms with van der Waals surface area (Å²) in [5.74, 6) is 1.33. The molecule has 1 aliphatic rings. The van der Waals surface area contributed by atoms with Gasteiger partial charge in [-0.1, -0.05) is 0 Å². The van der Waals surface area contributed by atoms with E-state index in [0.717, 1.165) is 37.4 Å². The number of fused-ring (bicyclic) bond motifs is 2. The van der Waals surface area contributed by atoms with Gasteiger partial charge in [0.05, 0.1) is 17.5 Å². The molecule has 0 atom stereocenters. The first kappa shape index (κ1) is 17.3. The number of hydrogen-bond acceptors (Lipinski definition) is 4. The fourth-order valence-corrected chi connectivity index (χ4v) is 3.39. The van der Waals surface area contributed by atoms with Crippen molar-refractivity contribution in [2.45, 2.75) is 32.7 Å². The van der Waals surface area contributed by atoms with Gasteiger partial charge in [0, 0.05) is 24.2 Å². The van der Waals surface area contributed by atoms with Crippen LogP contribution in [0.2, 0.25) is 0 Å².